The Balaban J connectivity index is 1.51. The molecule has 0 radical (unpaired) electrons. The van der Waals surface area contributed by atoms with E-state index in [-0.39, 0.29) is 5.91 Å². The molecular weight excluding hydrogens is 384 g/mol. The van der Waals surface area contributed by atoms with E-state index in [1.165, 1.54) is 4.31 Å². The molecule has 29 heavy (non-hydrogen) atoms. The van der Waals surface area contributed by atoms with Gasteiger partial charge >= 0.3 is 0 Å². The number of piperazine rings is 1. The number of fused-ring (bicyclic) bond motifs is 1. The van der Waals surface area contributed by atoms with Crippen molar-refractivity contribution < 1.29 is 13.2 Å². The fourth-order valence-corrected chi connectivity index (χ4v) is 5.25. The summed E-state index contributed by atoms with van der Waals surface area (Å²) in [6.45, 7) is 5.23. The second kappa shape index (κ2) is 7.61. The van der Waals surface area contributed by atoms with E-state index in [0.29, 0.717) is 36.6 Å². The van der Waals surface area contributed by atoms with Gasteiger partial charge in [-0.3, -0.25) is 4.79 Å². The number of sulfonamides is 1. The van der Waals surface area contributed by atoms with Crippen molar-refractivity contribution in [2.45, 2.75) is 18.7 Å². The molecule has 0 atom stereocenters. The van der Waals surface area contributed by atoms with Gasteiger partial charge in [0.2, 0.25) is 10.0 Å². The van der Waals surface area contributed by atoms with Gasteiger partial charge in [-0.05, 0) is 53.9 Å². The Morgan fingerprint density at radius 1 is 0.828 bits per heavy atom. The SMILES string of the molecule is Cc1ccc(S(=O)(=O)N2CCN(C(=O)c3cccc4ccccc34)CC2)cc1C. The van der Waals surface area contributed by atoms with Crippen LogP contribution in [0.1, 0.15) is 21.5 Å². The van der Waals surface area contributed by atoms with Crippen molar-refractivity contribution in [1.82, 2.24) is 9.21 Å². The lowest BCUT2D eigenvalue weighted by molar-refractivity contribution is 0.0700. The maximum atomic E-state index is 13.1. The maximum Gasteiger partial charge on any atom is 0.254 e. The van der Waals surface area contributed by atoms with Crippen LogP contribution in [0.5, 0.6) is 0 Å². The van der Waals surface area contributed by atoms with E-state index < -0.39 is 10.0 Å². The molecule has 0 unspecified atom stereocenters. The third-order valence-electron chi connectivity index (χ3n) is 5.66. The molecule has 1 saturated heterocycles. The van der Waals surface area contributed by atoms with Crippen LogP contribution >= 0.6 is 0 Å². The summed E-state index contributed by atoms with van der Waals surface area (Å²) in [5.41, 5.74) is 2.68. The van der Waals surface area contributed by atoms with Crippen molar-refractivity contribution in [2.75, 3.05) is 26.2 Å². The van der Waals surface area contributed by atoms with E-state index in [9.17, 15) is 13.2 Å². The molecule has 3 aromatic carbocycles. The molecule has 0 spiro atoms. The monoisotopic (exact) mass is 408 g/mol. The number of benzene rings is 3. The Morgan fingerprint density at radius 3 is 2.24 bits per heavy atom. The first-order valence-electron chi connectivity index (χ1n) is 9.72. The number of carbonyl (C=O) groups is 1. The van der Waals surface area contributed by atoms with Gasteiger partial charge in [-0.15, -0.1) is 0 Å². The van der Waals surface area contributed by atoms with E-state index in [2.05, 4.69) is 0 Å². The Labute approximate surface area is 171 Å². The fraction of sp³-hybridized carbons (Fsp3) is 0.261. The molecule has 0 aliphatic carbocycles. The van der Waals surface area contributed by atoms with Crippen molar-refractivity contribution in [2.24, 2.45) is 0 Å². The lowest BCUT2D eigenvalue weighted by Crippen LogP contribution is -2.50. The zero-order valence-corrected chi connectivity index (χ0v) is 17.4. The Bertz CT molecular complexity index is 1170. The zero-order valence-electron chi connectivity index (χ0n) is 16.6. The number of carbonyl (C=O) groups excluding carboxylic acids is 1. The van der Waals surface area contributed by atoms with E-state index in [0.717, 1.165) is 21.9 Å². The van der Waals surface area contributed by atoms with Crippen LogP contribution in [0.4, 0.5) is 0 Å². The average Bonchev–Trinajstić information content (AvgIpc) is 2.74. The molecule has 4 rings (SSSR count). The number of amides is 1. The molecular formula is C23H24N2O3S. The highest BCUT2D eigenvalue weighted by atomic mass is 32.2. The van der Waals surface area contributed by atoms with Crippen LogP contribution in [0.3, 0.4) is 0 Å². The molecule has 0 bridgehead atoms. The predicted molar refractivity (Wildman–Crippen MR) is 115 cm³/mol. The molecule has 150 valence electrons. The van der Waals surface area contributed by atoms with Gasteiger partial charge in [0, 0.05) is 31.7 Å². The molecule has 0 aromatic heterocycles. The number of rotatable bonds is 3. The molecule has 1 aliphatic heterocycles. The predicted octanol–water partition coefficient (Wildman–Crippen LogP) is 3.60. The molecule has 1 aliphatic rings. The summed E-state index contributed by atoms with van der Waals surface area (Å²) < 4.78 is 27.5. The van der Waals surface area contributed by atoms with Crippen molar-refractivity contribution in [3.63, 3.8) is 0 Å². The minimum absolute atomic E-state index is 0.0509. The van der Waals surface area contributed by atoms with Crippen LogP contribution in [0.25, 0.3) is 10.8 Å². The molecule has 6 heteroatoms. The van der Waals surface area contributed by atoms with Gasteiger partial charge in [-0.1, -0.05) is 42.5 Å². The molecule has 1 heterocycles. The van der Waals surface area contributed by atoms with Gasteiger partial charge < -0.3 is 4.90 Å². The lowest BCUT2D eigenvalue weighted by Gasteiger charge is -2.34. The highest BCUT2D eigenvalue weighted by molar-refractivity contribution is 7.89. The summed E-state index contributed by atoms with van der Waals surface area (Å²) in [6.07, 6.45) is 0. The summed E-state index contributed by atoms with van der Waals surface area (Å²) in [5, 5.41) is 1.94. The smallest absolute Gasteiger partial charge is 0.254 e. The molecule has 0 N–H and O–H groups in total. The number of hydrogen-bond donors (Lipinski definition) is 0. The van der Waals surface area contributed by atoms with Gasteiger partial charge in [-0.2, -0.15) is 4.31 Å². The minimum Gasteiger partial charge on any atom is -0.336 e. The van der Waals surface area contributed by atoms with Crippen molar-refractivity contribution >= 4 is 26.7 Å². The van der Waals surface area contributed by atoms with Crippen LogP contribution in [0.2, 0.25) is 0 Å². The first kappa shape index (κ1) is 19.6. The van der Waals surface area contributed by atoms with Gasteiger partial charge in [0.05, 0.1) is 4.90 Å². The summed E-state index contributed by atoms with van der Waals surface area (Å²) in [4.78, 5) is 15.1. The lowest BCUT2D eigenvalue weighted by atomic mass is 10.0. The Kier molecular flexibility index (Phi) is 5.15. The van der Waals surface area contributed by atoms with Gasteiger partial charge in [-0.25, -0.2) is 8.42 Å². The zero-order chi connectivity index (χ0) is 20.6. The highest BCUT2D eigenvalue weighted by Gasteiger charge is 2.31. The topological polar surface area (TPSA) is 57.7 Å². The summed E-state index contributed by atoms with van der Waals surface area (Å²) >= 11 is 0. The third-order valence-corrected chi connectivity index (χ3v) is 7.56. The Morgan fingerprint density at radius 2 is 1.52 bits per heavy atom. The van der Waals surface area contributed by atoms with Gasteiger partial charge in [0.1, 0.15) is 0 Å². The molecule has 1 fully saturated rings. The van der Waals surface area contributed by atoms with Crippen LogP contribution in [0, 0.1) is 13.8 Å². The maximum absolute atomic E-state index is 13.1. The van der Waals surface area contributed by atoms with Crippen LogP contribution in [0.15, 0.2) is 65.6 Å². The van der Waals surface area contributed by atoms with E-state index in [4.69, 9.17) is 0 Å². The largest absolute Gasteiger partial charge is 0.336 e. The van der Waals surface area contributed by atoms with Crippen molar-refractivity contribution in [1.29, 1.82) is 0 Å². The number of hydrogen-bond acceptors (Lipinski definition) is 3. The number of nitrogens with zero attached hydrogens (tertiary/aromatic N) is 2. The van der Waals surface area contributed by atoms with Crippen molar-refractivity contribution in [3.05, 3.63) is 77.4 Å². The third kappa shape index (κ3) is 3.66. The minimum atomic E-state index is -3.55. The van der Waals surface area contributed by atoms with Crippen LogP contribution in [-0.2, 0) is 10.0 Å². The standard InChI is InChI=1S/C23H24N2O3S/c1-17-10-11-20(16-18(17)2)29(27,28)25-14-12-24(13-15-25)23(26)22-9-5-7-19-6-3-4-8-21(19)22/h3-11,16H,12-15H2,1-2H3. The summed E-state index contributed by atoms with van der Waals surface area (Å²) in [5.74, 6) is -0.0509. The normalized spacial score (nSPS) is 15.6. The van der Waals surface area contributed by atoms with E-state index in [1.54, 1.807) is 17.0 Å². The number of aryl methyl sites for hydroxylation is 2. The summed E-state index contributed by atoms with van der Waals surface area (Å²) in [6, 6.07) is 18.7. The Hall–Kier alpha value is -2.70. The van der Waals surface area contributed by atoms with Gasteiger partial charge in [0.15, 0.2) is 0 Å². The fourth-order valence-electron chi connectivity index (χ4n) is 3.74. The van der Waals surface area contributed by atoms with E-state index in [1.807, 2.05) is 62.4 Å². The quantitative estimate of drug-likeness (QED) is 0.665. The first-order chi connectivity index (χ1) is 13.9. The molecule has 3 aromatic rings. The molecule has 5 nitrogen and oxygen atoms in total. The van der Waals surface area contributed by atoms with Gasteiger partial charge in [0.25, 0.3) is 5.91 Å². The summed E-state index contributed by atoms with van der Waals surface area (Å²) in [7, 11) is -3.55. The second-order valence-corrected chi connectivity index (χ2v) is 9.41. The average molecular weight is 409 g/mol. The first-order valence-corrected chi connectivity index (χ1v) is 11.2. The van der Waals surface area contributed by atoms with Crippen molar-refractivity contribution in [3.8, 4) is 0 Å². The van der Waals surface area contributed by atoms with Crippen LogP contribution in [-0.4, -0.2) is 49.7 Å². The second-order valence-electron chi connectivity index (χ2n) is 7.47. The van der Waals surface area contributed by atoms with Crippen LogP contribution < -0.4 is 0 Å². The highest BCUT2D eigenvalue weighted by Crippen LogP contribution is 2.23. The molecule has 1 amide bonds. The van der Waals surface area contributed by atoms with E-state index >= 15 is 0 Å². The molecule has 0 saturated carbocycles.